The number of nitrogens with zero attached hydrogens (tertiary/aromatic N) is 2. The fraction of sp³-hybridized carbons (Fsp3) is 0.583. The second kappa shape index (κ2) is 3.63. The number of rotatable bonds is 1. The minimum Gasteiger partial charge on any atom is -0.487 e. The summed E-state index contributed by atoms with van der Waals surface area (Å²) in [6.45, 7) is 3.47. The molecule has 1 fully saturated rings. The number of pyridine rings is 1. The van der Waals surface area contributed by atoms with Crippen molar-refractivity contribution in [1.82, 2.24) is 4.98 Å². The lowest BCUT2D eigenvalue weighted by atomic mass is 10.1. The van der Waals surface area contributed by atoms with Crippen LogP contribution in [0.25, 0.3) is 0 Å². The van der Waals surface area contributed by atoms with Gasteiger partial charge in [-0.05, 0) is 24.5 Å². The predicted octanol–water partition coefficient (Wildman–Crippen LogP) is 0.976. The van der Waals surface area contributed by atoms with E-state index in [9.17, 15) is 5.11 Å². The van der Waals surface area contributed by atoms with Crippen molar-refractivity contribution in [3.63, 3.8) is 0 Å². The van der Waals surface area contributed by atoms with Crippen LogP contribution < -0.4 is 9.64 Å². The molecule has 0 aliphatic carbocycles. The first-order valence-electron chi connectivity index (χ1n) is 5.85. The van der Waals surface area contributed by atoms with Crippen molar-refractivity contribution < 1.29 is 9.84 Å². The average molecular weight is 220 g/mol. The Bertz CT molecular complexity index is 408. The second-order valence-electron chi connectivity index (χ2n) is 4.48. The van der Waals surface area contributed by atoms with Crippen LogP contribution in [0.4, 0.5) is 5.82 Å². The third-order valence-corrected chi connectivity index (χ3v) is 3.43. The lowest BCUT2D eigenvalue weighted by Gasteiger charge is -2.32. The summed E-state index contributed by atoms with van der Waals surface area (Å²) in [7, 11) is 0. The normalized spacial score (nSPS) is 27.2. The van der Waals surface area contributed by atoms with Crippen molar-refractivity contribution in [3.05, 3.63) is 17.8 Å². The third kappa shape index (κ3) is 1.37. The van der Waals surface area contributed by atoms with Crippen LogP contribution in [0.3, 0.4) is 0 Å². The average Bonchev–Trinajstić information content (AvgIpc) is 2.69. The van der Waals surface area contributed by atoms with Crippen molar-refractivity contribution in [2.75, 3.05) is 18.1 Å². The van der Waals surface area contributed by atoms with E-state index in [-0.39, 0.29) is 6.10 Å². The maximum absolute atomic E-state index is 9.69. The summed E-state index contributed by atoms with van der Waals surface area (Å²) in [5.41, 5.74) is 1.20. The van der Waals surface area contributed by atoms with Gasteiger partial charge in [0.25, 0.3) is 0 Å². The molecule has 86 valence electrons. The maximum Gasteiger partial charge on any atom is 0.172 e. The highest BCUT2D eigenvalue weighted by Crippen LogP contribution is 2.38. The monoisotopic (exact) mass is 220 g/mol. The Morgan fingerprint density at radius 2 is 2.50 bits per heavy atom. The van der Waals surface area contributed by atoms with Crippen molar-refractivity contribution in [2.24, 2.45) is 0 Å². The van der Waals surface area contributed by atoms with E-state index < -0.39 is 0 Å². The van der Waals surface area contributed by atoms with E-state index in [2.05, 4.69) is 16.8 Å². The summed E-state index contributed by atoms with van der Waals surface area (Å²) >= 11 is 0. The van der Waals surface area contributed by atoms with Gasteiger partial charge < -0.3 is 14.7 Å². The number of aliphatic hydroxyl groups is 1. The Morgan fingerprint density at radius 3 is 3.31 bits per heavy atom. The number of anilines is 1. The molecule has 0 amide bonds. The van der Waals surface area contributed by atoms with Gasteiger partial charge >= 0.3 is 0 Å². The summed E-state index contributed by atoms with van der Waals surface area (Å²) in [5.74, 6) is 1.82. The van der Waals surface area contributed by atoms with Crippen LogP contribution in [-0.4, -0.2) is 35.4 Å². The first-order chi connectivity index (χ1) is 7.79. The number of aliphatic hydroxyl groups excluding tert-OH is 1. The highest BCUT2D eigenvalue weighted by Gasteiger charge is 2.37. The highest BCUT2D eigenvalue weighted by molar-refractivity contribution is 5.59. The first kappa shape index (κ1) is 9.90. The molecule has 2 aliphatic heterocycles. The molecule has 4 heteroatoms. The quantitative estimate of drug-likeness (QED) is 0.766. The molecule has 1 aromatic heterocycles. The van der Waals surface area contributed by atoms with Gasteiger partial charge in [0.2, 0.25) is 0 Å². The molecule has 3 heterocycles. The number of fused-ring (bicyclic) bond motifs is 3. The number of ether oxygens (including phenoxy) is 1. The zero-order valence-electron chi connectivity index (χ0n) is 9.39. The van der Waals surface area contributed by atoms with Crippen LogP contribution in [0.2, 0.25) is 0 Å². The molecular formula is C12H16N2O2. The van der Waals surface area contributed by atoms with E-state index in [0.29, 0.717) is 19.2 Å². The number of hydrogen-bond acceptors (Lipinski definition) is 4. The van der Waals surface area contributed by atoms with Gasteiger partial charge in [0.15, 0.2) is 11.6 Å². The molecule has 0 aromatic carbocycles. The van der Waals surface area contributed by atoms with Crippen LogP contribution in [0.1, 0.15) is 18.9 Å². The zero-order chi connectivity index (χ0) is 11.1. The zero-order valence-corrected chi connectivity index (χ0v) is 9.39. The van der Waals surface area contributed by atoms with Crippen molar-refractivity contribution in [3.8, 4) is 5.75 Å². The SMILES string of the molecule is CCc1ccnc2c1OCC1C[C@@H](O)CN21. The van der Waals surface area contributed by atoms with E-state index in [1.165, 1.54) is 5.56 Å². The Morgan fingerprint density at radius 1 is 1.62 bits per heavy atom. The third-order valence-electron chi connectivity index (χ3n) is 3.43. The van der Waals surface area contributed by atoms with Crippen LogP contribution in [-0.2, 0) is 6.42 Å². The largest absolute Gasteiger partial charge is 0.487 e. The molecule has 4 nitrogen and oxygen atoms in total. The summed E-state index contributed by atoms with van der Waals surface area (Å²) in [6.07, 6.45) is 3.32. The minimum atomic E-state index is -0.244. The summed E-state index contributed by atoms with van der Waals surface area (Å²) in [5, 5.41) is 9.69. The van der Waals surface area contributed by atoms with Gasteiger partial charge in [-0.3, -0.25) is 0 Å². The van der Waals surface area contributed by atoms with Gasteiger partial charge in [-0.1, -0.05) is 6.92 Å². The first-order valence-corrected chi connectivity index (χ1v) is 5.85. The van der Waals surface area contributed by atoms with E-state index in [4.69, 9.17) is 4.74 Å². The van der Waals surface area contributed by atoms with Crippen molar-refractivity contribution in [1.29, 1.82) is 0 Å². The maximum atomic E-state index is 9.69. The van der Waals surface area contributed by atoms with Crippen molar-refractivity contribution in [2.45, 2.75) is 31.9 Å². The summed E-state index contributed by atoms with van der Waals surface area (Å²) in [4.78, 5) is 6.58. The number of aromatic nitrogens is 1. The smallest absolute Gasteiger partial charge is 0.172 e. The molecule has 0 radical (unpaired) electrons. The molecular weight excluding hydrogens is 204 g/mol. The van der Waals surface area contributed by atoms with Gasteiger partial charge in [-0.15, -0.1) is 0 Å². The van der Waals surface area contributed by atoms with E-state index in [0.717, 1.165) is 24.4 Å². The van der Waals surface area contributed by atoms with E-state index in [1.54, 1.807) is 0 Å². The molecule has 1 aromatic rings. The summed E-state index contributed by atoms with van der Waals surface area (Å²) < 4.78 is 5.79. The van der Waals surface area contributed by atoms with Gasteiger partial charge in [0.1, 0.15) is 6.61 Å². The van der Waals surface area contributed by atoms with E-state index >= 15 is 0 Å². The van der Waals surface area contributed by atoms with Crippen LogP contribution in [0.5, 0.6) is 5.75 Å². The lowest BCUT2D eigenvalue weighted by molar-refractivity contribution is 0.187. The fourth-order valence-corrected chi connectivity index (χ4v) is 2.60. The molecule has 2 atom stereocenters. The second-order valence-corrected chi connectivity index (χ2v) is 4.48. The summed E-state index contributed by atoms with van der Waals surface area (Å²) in [6, 6.07) is 2.30. The molecule has 3 rings (SSSR count). The molecule has 1 saturated heterocycles. The Hall–Kier alpha value is -1.29. The number of hydrogen-bond donors (Lipinski definition) is 1. The molecule has 1 unspecified atom stereocenters. The highest BCUT2D eigenvalue weighted by atomic mass is 16.5. The van der Waals surface area contributed by atoms with E-state index in [1.807, 2.05) is 12.3 Å². The molecule has 0 bridgehead atoms. The molecule has 2 aliphatic rings. The van der Waals surface area contributed by atoms with Gasteiger partial charge in [0, 0.05) is 12.7 Å². The Labute approximate surface area is 94.9 Å². The minimum absolute atomic E-state index is 0.244. The molecule has 0 saturated carbocycles. The van der Waals surface area contributed by atoms with Gasteiger partial charge in [0.05, 0.1) is 12.1 Å². The topological polar surface area (TPSA) is 45.6 Å². The van der Waals surface area contributed by atoms with Gasteiger partial charge in [-0.2, -0.15) is 0 Å². The molecule has 1 N–H and O–H groups in total. The predicted molar refractivity (Wildman–Crippen MR) is 60.9 cm³/mol. The lowest BCUT2D eigenvalue weighted by Crippen LogP contribution is -2.39. The van der Waals surface area contributed by atoms with Crippen LogP contribution in [0.15, 0.2) is 12.3 Å². The molecule has 16 heavy (non-hydrogen) atoms. The fourth-order valence-electron chi connectivity index (χ4n) is 2.60. The molecule has 0 spiro atoms. The van der Waals surface area contributed by atoms with Crippen LogP contribution >= 0.6 is 0 Å². The Balaban J connectivity index is 2.03. The Kier molecular flexibility index (Phi) is 2.24. The number of aryl methyl sites for hydroxylation is 1. The standard InChI is InChI=1S/C12H16N2O2/c1-2-8-3-4-13-12-11(8)16-7-9-5-10(15)6-14(9)12/h3-4,9-10,15H,2,5-7H2,1H3/t9?,10-/m1/s1. The van der Waals surface area contributed by atoms with Crippen LogP contribution in [0, 0.1) is 0 Å². The van der Waals surface area contributed by atoms with Gasteiger partial charge in [-0.25, -0.2) is 4.98 Å². The van der Waals surface area contributed by atoms with Crippen molar-refractivity contribution >= 4 is 5.82 Å².